The second-order valence-electron chi connectivity index (χ2n) is 4.10. The summed E-state index contributed by atoms with van der Waals surface area (Å²) < 4.78 is 39.3. The highest BCUT2D eigenvalue weighted by Crippen LogP contribution is 2.15. The minimum absolute atomic E-state index is 0. The molecule has 0 amide bonds. The van der Waals surface area contributed by atoms with Crippen LogP contribution in [0.5, 0.6) is 0 Å². The summed E-state index contributed by atoms with van der Waals surface area (Å²) in [4.78, 5) is -0.326. The fourth-order valence-corrected chi connectivity index (χ4v) is 2.43. The van der Waals surface area contributed by atoms with Gasteiger partial charge in [-0.15, -0.1) is 12.4 Å². The van der Waals surface area contributed by atoms with Crippen molar-refractivity contribution in [2.45, 2.75) is 31.2 Å². The molecule has 0 bridgehead atoms. The Bertz CT molecular complexity index is 492. The van der Waals surface area contributed by atoms with E-state index in [-0.39, 0.29) is 29.9 Å². The van der Waals surface area contributed by atoms with Crippen LogP contribution in [0.2, 0.25) is 0 Å². The minimum atomic E-state index is -3.78. The monoisotopic (exact) mass is 296 g/mol. The zero-order valence-electron chi connectivity index (χ0n) is 10.3. The van der Waals surface area contributed by atoms with Gasteiger partial charge in [0, 0.05) is 12.6 Å². The van der Waals surface area contributed by atoms with Gasteiger partial charge in [0.1, 0.15) is 10.7 Å². The predicted octanol–water partition coefficient (Wildman–Crippen LogP) is 1.57. The molecule has 0 radical (unpaired) electrons. The Balaban J connectivity index is 0.00000289. The zero-order valence-corrected chi connectivity index (χ0v) is 11.9. The number of hydrogen-bond acceptors (Lipinski definition) is 3. The highest BCUT2D eigenvalue weighted by Gasteiger charge is 2.18. The number of rotatable bonds is 5. The van der Waals surface area contributed by atoms with Crippen molar-refractivity contribution < 1.29 is 12.8 Å². The molecule has 0 spiro atoms. The summed E-state index contributed by atoms with van der Waals surface area (Å²) in [5.74, 6) is -0.738. The van der Waals surface area contributed by atoms with Crippen LogP contribution in [-0.2, 0) is 10.0 Å². The summed E-state index contributed by atoms with van der Waals surface area (Å²) in [6.45, 7) is 3.68. The van der Waals surface area contributed by atoms with Crippen molar-refractivity contribution in [2.24, 2.45) is 5.73 Å². The van der Waals surface area contributed by atoms with Gasteiger partial charge in [0.25, 0.3) is 0 Å². The Morgan fingerprint density at radius 2 is 2.06 bits per heavy atom. The van der Waals surface area contributed by atoms with Crippen molar-refractivity contribution >= 4 is 22.4 Å². The maximum Gasteiger partial charge on any atom is 0.243 e. The van der Waals surface area contributed by atoms with Gasteiger partial charge in [-0.25, -0.2) is 17.5 Å². The smallest absolute Gasteiger partial charge is 0.243 e. The lowest BCUT2D eigenvalue weighted by Crippen LogP contribution is -2.29. The van der Waals surface area contributed by atoms with Crippen LogP contribution >= 0.6 is 12.4 Å². The molecule has 0 saturated carbocycles. The number of aryl methyl sites for hydroxylation is 1. The molecule has 0 heterocycles. The van der Waals surface area contributed by atoms with Gasteiger partial charge in [0.05, 0.1) is 0 Å². The average Bonchev–Trinajstić information content (AvgIpc) is 2.15. The van der Waals surface area contributed by atoms with E-state index in [4.69, 9.17) is 5.73 Å². The molecule has 1 unspecified atom stereocenters. The molecular formula is C11H18ClFN2O2S. The first-order valence-corrected chi connectivity index (χ1v) is 6.82. The van der Waals surface area contributed by atoms with Gasteiger partial charge in [-0.05, 0) is 38.0 Å². The van der Waals surface area contributed by atoms with E-state index >= 15 is 0 Å². The van der Waals surface area contributed by atoms with Crippen LogP contribution in [0.1, 0.15) is 18.9 Å². The molecular weight excluding hydrogens is 279 g/mol. The minimum Gasteiger partial charge on any atom is -0.328 e. The molecule has 0 aromatic heterocycles. The standard InChI is InChI=1S/C11H17FN2O2S.ClH/c1-8-3-4-11(10(12)7-8)17(15,16)14-6-5-9(2)13;/h3-4,7,9,14H,5-6,13H2,1-2H3;1H. The summed E-state index contributed by atoms with van der Waals surface area (Å²) in [5, 5.41) is 0. The van der Waals surface area contributed by atoms with Crippen LogP contribution in [0.15, 0.2) is 23.1 Å². The van der Waals surface area contributed by atoms with E-state index in [1.807, 2.05) is 0 Å². The van der Waals surface area contributed by atoms with E-state index in [9.17, 15) is 12.8 Å². The molecule has 1 aromatic rings. The molecule has 1 aromatic carbocycles. The molecule has 104 valence electrons. The van der Waals surface area contributed by atoms with Crippen LogP contribution in [0, 0.1) is 12.7 Å². The van der Waals surface area contributed by atoms with Crippen molar-refractivity contribution in [3.63, 3.8) is 0 Å². The third kappa shape index (κ3) is 4.89. The summed E-state index contributed by atoms with van der Waals surface area (Å²) in [7, 11) is -3.78. The molecule has 0 saturated heterocycles. The first-order valence-electron chi connectivity index (χ1n) is 5.34. The summed E-state index contributed by atoms with van der Waals surface area (Å²) >= 11 is 0. The number of nitrogens with one attached hydrogen (secondary N) is 1. The van der Waals surface area contributed by atoms with E-state index in [0.29, 0.717) is 12.0 Å². The predicted molar refractivity (Wildman–Crippen MR) is 71.8 cm³/mol. The fraction of sp³-hybridized carbons (Fsp3) is 0.455. The van der Waals surface area contributed by atoms with Crippen LogP contribution in [0.3, 0.4) is 0 Å². The second kappa shape index (κ2) is 7.04. The molecule has 18 heavy (non-hydrogen) atoms. The molecule has 1 atom stereocenters. The molecule has 0 aliphatic rings. The van der Waals surface area contributed by atoms with Gasteiger partial charge < -0.3 is 5.73 Å². The Labute approximate surface area is 113 Å². The molecule has 7 heteroatoms. The Morgan fingerprint density at radius 3 is 2.56 bits per heavy atom. The van der Waals surface area contributed by atoms with E-state index in [2.05, 4.69) is 4.72 Å². The highest BCUT2D eigenvalue weighted by molar-refractivity contribution is 7.89. The highest BCUT2D eigenvalue weighted by atomic mass is 35.5. The molecule has 4 nitrogen and oxygen atoms in total. The van der Waals surface area contributed by atoms with Crippen molar-refractivity contribution in [1.29, 1.82) is 0 Å². The van der Waals surface area contributed by atoms with Crippen LogP contribution < -0.4 is 10.5 Å². The maximum absolute atomic E-state index is 13.5. The van der Waals surface area contributed by atoms with Crippen molar-refractivity contribution in [3.8, 4) is 0 Å². The Kier molecular flexibility index (Phi) is 6.77. The average molecular weight is 297 g/mol. The van der Waals surface area contributed by atoms with Gasteiger partial charge in [0.15, 0.2) is 0 Å². The van der Waals surface area contributed by atoms with Gasteiger partial charge in [-0.2, -0.15) is 0 Å². The third-order valence-electron chi connectivity index (χ3n) is 2.27. The lowest BCUT2D eigenvalue weighted by molar-refractivity contribution is 0.551. The summed E-state index contributed by atoms with van der Waals surface area (Å²) in [5.41, 5.74) is 6.18. The van der Waals surface area contributed by atoms with Gasteiger partial charge >= 0.3 is 0 Å². The van der Waals surface area contributed by atoms with Gasteiger partial charge in [0.2, 0.25) is 10.0 Å². The van der Waals surface area contributed by atoms with Crippen molar-refractivity contribution in [3.05, 3.63) is 29.6 Å². The van der Waals surface area contributed by atoms with Crippen LogP contribution in [0.25, 0.3) is 0 Å². The first-order chi connectivity index (χ1) is 7.83. The molecule has 0 aliphatic carbocycles. The maximum atomic E-state index is 13.5. The number of nitrogens with two attached hydrogens (primary N) is 1. The van der Waals surface area contributed by atoms with Crippen LogP contribution in [-0.4, -0.2) is 21.0 Å². The van der Waals surface area contributed by atoms with E-state index in [1.165, 1.54) is 12.1 Å². The lowest BCUT2D eigenvalue weighted by Gasteiger charge is -2.09. The van der Waals surface area contributed by atoms with E-state index in [0.717, 1.165) is 0 Å². The molecule has 1 rings (SSSR count). The van der Waals surface area contributed by atoms with Crippen LogP contribution in [0.4, 0.5) is 4.39 Å². The van der Waals surface area contributed by atoms with E-state index in [1.54, 1.807) is 19.9 Å². The number of hydrogen-bond donors (Lipinski definition) is 2. The van der Waals surface area contributed by atoms with E-state index < -0.39 is 15.8 Å². The summed E-state index contributed by atoms with van der Waals surface area (Å²) in [6.07, 6.45) is 0.507. The Hall–Kier alpha value is -0.690. The summed E-state index contributed by atoms with van der Waals surface area (Å²) in [6, 6.07) is 3.92. The normalized spacial score (nSPS) is 12.9. The quantitative estimate of drug-likeness (QED) is 0.866. The second-order valence-corrected chi connectivity index (χ2v) is 5.83. The molecule has 0 aliphatic heterocycles. The van der Waals surface area contributed by atoms with Gasteiger partial charge in [-0.1, -0.05) is 6.07 Å². The SMILES string of the molecule is Cc1ccc(S(=O)(=O)NCCC(C)N)c(F)c1.Cl. The molecule has 3 N–H and O–H groups in total. The van der Waals surface area contributed by atoms with Crippen molar-refractivity contribution in [2.75, 3.05) is 6.54 Å². The number of sulfonamides is 1. The van der Waals surface area contributed by atoms with Crippen molar-refractivity contribution in [1.82, 2.24) is 4.72 Å². The fourth-order valence-electron chi connectivity index (χ4n) is 1.32. The van der Waals surface area contributed by atoms with Gasteiger partial charge in [-0.3, -0.25) is 0 Å². The number of halogens is 2. The third-order valence-corrected chi connectivity index (χ3v) is 3.76. The number of benzene rings is 1. The first kappa shape index (κ1) is 17.3. The topological polar surface area (TPSA) is 72.2 Å². The molecule has 0 fully saturated rings. The lowest BCUT2D eigenvalue weighted by atomic mass is 10.2. The Morgan fingerprint density at radius 1 is 1.44 bits per heavy atom. The zero-order chi connectivity index (χ0) is 13.1. The largest absolute Gasteiger partial charge is 0.328 e.